The summed E-state index contributed by atoms with van der Waals surface area (Å²) in [7, 11) is 1.52. The quantitative estimate of drug-likeness (QED) is 0.392. The molecule has 172 valence electrons. The average Bonchev–Trinajstić information content (AvgIpc) is 3.25. The zero-order chi connectivity index (χ0) is 23.4. The first-order chi connectivity index (χ1) is 15.9. The number of amides is 1. The number of carbonyl (C=O) groups is 1. The number of anilines is 1. The molecule has 1 saturated heterocycles. The van der Waals surface area contributed by atoms with Crippen molar-refractivity contribution in [3.05, 3.63) is 53.3 Å². The number of aryl methyl sites for hydroxylation is 1. The number of rotatable bonds is 7. The van der Waals surface area contributed by atoms with Crippen molar-refractivity contribution < 1.29 is 23.7 Å². The number of nitrogens with zero attached hydrogens (tertiary/aromatic N) is 4. The van der Waals surface area contributed by atoms with E-state index in [0.717, 1.165) is 17.0 Å². The molecule has 1 aliphatic heterocycles. The third-order valence-corrected chi connectivity index (χ3v) is 5.57. The van der Waals surface area contributed by atoms with Crippen LogP contribution in [0, 0.1) is 6.92 Å². The van der Waals surface area contributed by atoms with E-state index in [0.29, 0.717) is 48.0 Å². The maximum absolute atomic E-state index is 13.1. The summed E-state index contributed by atoms with van der Waals surface area (Å²) in [6.07, 6.45) is 2.59. The lowest BCUT2D eigenvalue weighted by molar-refractivity contribution is -0.0828. The van der Waals surface area contributed by atoms with Crippen LogP contribution in [0.2, 0.25) is 5.15 Å². The van der Waals surface area contributed by atoms with Crippen molar-refractivity contribution in [3.63, 3.8) is 0 Å². The van der Waals surface area contributed by atoms with Crippen molar-refractivity contribution in [2.75, 3.05) is 32.2 Å². The van der Waals surface area contributed by atoms with E-state index in [1.54, 1.807) is 12.1 Å². The van der Waals surface area contributed by atoms with Gasteiger partial charge in [-0.3, -0.25) is 15.1 Å². The van der Waals surface area contributed by atoms with E-state index < -0.39 is 5.91 Å². The summed E-state index contributed by atoms with van der Waals surface area (Å²) in [5.41, 5.74) is 2.22. The van der Waals surface area contributed by atoms with Gasteiger partial charge in [-0.15, -0.1) is 5.10 Å². The summed E-state index contributed by atoms with van der Waals surface area (Å²) in [6, 6.07) is 3.40. The lowest BCUT2D eigenvalue weighted by Crippen LogP contribution is -2.31. The fourth-order valence-electron chi connectivity index (χ4n) is 3.07. The summed E-state index contributed by atoms with van der Waals surface area (Å²) in [5, 5.41) is 11.4. The topological polar surface area (TPSA) is 118 Å². The Hall–Kier alpha value is -3.12. The molecule has 3 aromatic heterocycles. The Morgan fingerprint density at radius 3 is 2.85 bits per heavy atom. The molecule has 0 bridgehead atoms. The molecule has 12 heteroatoms. The summed E-state index contributed by atoms with van der Waals surface area (Å²) in [4.78, 5) is 21.4. The van der Waals surface area contributed by atoms with Crippen LogP contribution in [-0.4, -0.2) is 59.1 Å². The van der Waals surface area contributed by atoms with Crippen LogP contribution in [0.4, 0.5) is 5.13 Å². The first-order valence-corrected chi connectivity index (χ1v) is 11.0. The SMILES string of the molecule is C=C(Oc1nnc(NC(=O)c2cnc(C)cc2-c2cc(Cl)ncc2OC)s1)[C@H]1COCCO1. The van der Waals surface area contributed by atoms with Crippen molar-refractivity contribution in [1.82, 2.24) is 20.2 Å². The largest absolute Gasteiger partial charge is 0.494 e. The highest BCUT2D eigenvalue weighted by Crippen LogP contribution is 2.34. The molecule has 0 radical (unpaired) electrons. The molecule has 3 aromatic rings. The number of pyridine rings is 2. The molecule has 1 atom stereocenters. The van der Waals surface area contributed by atoms with E-state index in [2.05, 4.69) is 32.1 Å². The van der Waals surface area contributed by atoms with E-state index in [1.807, 2.05) is 6.92 Å². The van der Waals surface area contributed by atoms with Crippen molar-refractivity contribution in [2.45, 2.75) is 13.0 Å². The molecule has 0 unspecified atom stereocenters. The van der Waals surface area contributed by atoms with Gasteiger partial charge in [-0.2, -0.15) is 0 Å². The number of aromatic nitrogens is 4. The van der Waals surface area contributed by atoms with Gasteiger partial charge >= 0.3 is 5.19 Å². The molecule has 1 amide bonds. The van der Waals surface area contributed by atoms with Gasteiger partial charge in [-0.25, -0.2) is 4.98 Å². The van der Waals surface area contributed by atoms with Crippen molar-refractivity contribution >= 4 is 34.0 Å². The third-order valence-electron chi connectivity index (χ3n) is 4.65. The molecule has 4 rings (SSSR count). The van der Waals surface area contributed by atoms with E-state index >= 15 is 0 Å². The minimum Gasteiger partial charge on any atom is -0.494 e. The summed E-state index contributed by atoms with van der Waals surface area (Å²) in [6.45, 7) is 7.03. The average molecular weight is 490 g/mol. The molecule has 4 heterocycles. The van der Waals surface area contributed by atoms with E-state index in [-0.39, 0.29) is 21.6 Å². The zero-order valence-electron chi connectivity index (χ0n) is 17.8. The summed E-state index contributed by atoms with van der Waals surface area (Å²) >= 11 is 7.14. The Bertz CT molecular complexity index is 1180. The molecule has 0 saturated carbocycles. The number of nitrogens with one attached hydrogen (secondary N) is 1. The van der Waals surface area contributed by atoms with Gasteiger partial charge in [-0.1, -0.05) is 23.3 Å². The van der Waals surface area contributed by atoms with Crippen LogP contribution < -0.4 is 14.8 Å². The summed E-state index contributed by atoms with van der Waals surface area (Å²) in [5.74, 6) is 0.395. The Labute approximate surface area is 198 Å². The molecule has 0 spiro atoms. The first-order valence-electron chi connectivity index (χ1n) is 9.82. The second-order valence-corrected chi connectivity index (χ2v) is 8.24. The van der Waals surface area contributed by atoms with Gasteiger partial charge in [-0.05, 0) is 30.4 Å². The maximum atomic E-state index is 13.1. The van der Waals surface area contributed by atoms with Crippen LogP contribution in [0.1, 0.15) is 16.1 Å². The van der Waals surface area contributed by atoms with Gasteiger partial charge in [0.05, 0.1) is 38.7 Å². The van der Waals surface area contributed by atoms with Gasteiger partial charge in [0, 0.05) is 23.0 Å². The summed E-state index contributed by atoms with van der Waals surface area (Å²) < 4.78 is 21.9. The van der Waals surface area contributed by atoms with Gasteiger partial charge in [0.2, 0.25) is 5.13 Å². The van der Waals surface area contributed by atoms with E-state index in [9.17, 15) is 4.79 Å². The molecule has 1 fully saturated rings. The number of hydrogen-bond acceptors (Lipinski definition) is 10. The van der Waals surface area contributed by atoms with Gasteiger partial charge < -0.3 is 18.9 Å². The Morgan fingerprint density at radius 1 is 1.24 bits per heavy atom. The monoisotopic (exact) mass is 489 g/mol. The second-order valence-electron chi connectivity index (χ2n) is 6.91. The lowest BCUT2D eigenvalue weighted by Gasteiger charge is -2.23. The van der Waals surface area contributed by atoms with Crippen LogP contribution in [0.3, 0.4) is 0 Å². The Balaban J connectivity index is 1.53. The standard InChI is InChI=1S/C21H20ClN5O5S/c1-11-6-13(14-7-18(22)24-9-16(14)29-3)15(8-23-11)19(28)25-20-26-27-21(33-20)32-12(2)17-10-30-4-5-31-17/h6-9,17H,2,4-5,10H2,1,3H3,(H,25,26,28)/t17-/m1/s1. The molecular weight excluding hydrogens is 470 g/mol. The predicted octanol–water partition coefficient (Wildman–Crippen LogP) is 3.53. The minimum absolute atomic E-state index is 0.217. The minimum atomic E-state index is -0.432. The van der Waals surface area contributed by atoms with Gasteiger partial charge in [0.25, 0.3) is 5.91 Å². The number of carbonyl (C=O) groups excluding carboxylic acids is 1. The van der Waals surface area contributed by atoms with E-state index in [4.69, 9.17) is 30.5 Å². The Kier molecular flexibility index (Phi) is 7.14. The Morgan fingerprint density at radius 2 is 2.09 bits per heavy atom. The molecule has 0 aliphatic carbocycles. The van der Waals surface area contributed by atoms with Gasteiger partial charge in [0.1, 0.15) is 22.8 Å². The highest BCUT2D eigenvalue weighted by molar-refractivity contribution is 7.17. The van der Waals surface area contributed by atoms with Crippen molar-refractivity contribution in [2.24, 2.45) is 0 Å². The second kappa shape index (κ2) is 10.2. The molecule has 1 N–H and O–H groups in total. The van der Waals surface area contributed by atoms with Crippen molar-refractivity contribution in [3.8, 4) is 22.1 Å². The molecular formula is C21H20ClN5O5S. The van der Waals surface area contributed by atoms with Crippen LogP contribution >= 0.6 is 22.9 Å². The first kappa shape index (κ1) is 23.1. The highest BCUT2D eigenvalue weighted by atomic mass is 35.5. The molecule has 0 aromatic carbocycles. The normalized spacial score (nSPS) is 15.7. The fourth-order valence-corrected chi connectivity index (χ4v) is 3.85. The lowest BCUT2D eigenvalue weighted by atomic mass is 10.0. The fraction of sp³-hybridized carbons (Fsp3) is 0.286. The van der Waals surface area contributed by atoms with Crippen molar-refractivity contribution in [1.29, 1.82) is 0 Å². The van der Waals surface area contributed by atoms with Crippen LogP contribution in [-0.2, 0) is 9.47 Å². The van der Waals surface area contributed by atoms with Crippen LogP contribution in [0.5, 0.6) is 10.9 Å². The number of hydrogen-bond donors (Lipinski definition) is 1. The number of halogens is 1. The smallest absolute Gasteiger partial charge is 0.301 e. The van der Waals surface area contributed by atoms with Crippen LogP contribution in [0.15, 0.2) is 36.9 Å². The predicted molar refractivity (Wildman–Crippen MR) is 122 cm³/mol. The number of methoxy groups -OCH3 is 1. The van der Waals surface area contributed by atoms with Gasteiger partial charge in [0.15, 0.2) is 0 Å². The maximum Gasteiger partial charge on any atom is 0.301 e. The molecule has 1 aliphatic rings. The number of ether oxygens (including phenoxy) is 4. The third kappa shape index (κ3) is 5.45. The molecule has 10 nitrogen and oxygen atoms in total. The molecule has 33 heavy (non-hydrogen) atoms. The van der Waals surface area contributed by atoms with Crippen LogP contribution in [0.25, 0.3) is 11.1 Å². The zero-order valence-corrected chi connectivity index (χ0v) is 19.4. The van der Waals surface area contributed by atoms with E-state index in [1.165, 1.54) is 19.5 Å². The highest BCUT2D eigenvalue weighted by Gasteiger charge is 2.22.